The fourth-order valence-corrected chi connectivity index (χ4v) is 4.53. The number of aromatic nitrogens is 1. The second-order valence-corrected chi connectivity index (χ2v) is 7.38. The first kappa shape index (κ1) is 13.4. The second kappa shape index (κ2) is 5.41. The maximum Gasteiger partial charge on any atom is 0.185 e. The first-order chi connectivity index (χ1) is 9.15. The Bertz CT molecular complexity index is 433. The van der Waals surface area contributed by atoms with E-state index in [4.69, 9.17) is 10.7 Å². The van der Waals surface area contributed by atoms with Gasteiger partial charge in [0.05, 0.1) is 5.69 Å². The molecule has 2 heterocycles. The molecule has 4 heteroatoms. The molecular weight excluding hydrogens is 254 g/mol. The molecule has 0 bridgehead atoms. The summed E-state index contributed by atoms with van der Waals surface area (Å²) in [5.74, 6) is 1.72. The first-order valence-electron chi connectivity index (χ1n) is 7.65. The average Bonchev–Trinajstić information content (AvgIpc) is 2.84. The van der Waals surface area contributed by atoms with E-state index < -0.39 is 0 Å². The van der Waals surface area contributed by atoms with Crippen LogP contribution in [0.4, 0.5) is 5.13 Å². The Morgan fingerprint density at radius 2 is 2.00 bits per heavy atom. The van der Waals surface area contributed by atoms with Gasteiger partial charge < -0.3 is 10.6 Å². The monoisotopic (exact) mass is 279 g/mol. The van der Waals surface area contributed by atoms with E-state index in [1.807, 2.05) is 11.3 Å². The molecule has 0 amide bonds. The van der Waals surface area contributed by atoms with E-state index in [2.05, 4.69) is 18.7 Å². The molecule has 1 unspecified atom stereocenters. The van der Waals surface area contributed by atoms with Gasteiger partial charge >= 0.3 is 0 Å². The van der Waals surface area contributed by atoms with Crippen molar-refractivity contribution >= 4 is 16.5 Å². The van der Waals surface area contributed by atoms with E-state index in [9.17, 15) is 0 Å². The van der Waals surface area contributed by atoms with Crippen molar-refractivity contribution in [2.45, 2.75) is 52.0 Å². The number of rotatable bonds is 2. The zero-order valence-electron chi connectivity index (χ0n) is 12.1. The van der Waals surface area contributed by atoms with Crippen LogP contribution in [-0.4, -0.2) is 18.1 Å². The highest BCUT2D eigenvalue weighted by Gasteiger charge is 2.27. The predicted octanol–water partition coefficient (Wildman–Crippen LogP) is 3.35. The number of piperidine rings is 1. The number of aryl methyl sites for hydroxylation is 1. The summed E-state index contributed by atoms with van der Waals surface area (Å²) in [6.45, 7) is 7.04. The zero-order valence-corrected chi connectivity index (χ0v) is 12.9. The zero-order chi connectivity index (χ0) is 13.4. The van der Waals surface area contributed by atoms with Gasteiger partial charge in [0.2, 0.25) is 0 Å². The minimum absolute atomic E-state index is 0.239. The molecular formula is C15H25N3S. The summed E-state index contributed by atoms with van der Waals surface area (Å²) >= 11 is 1.85. The molecule has 0 aromatic carbocycles. The van der Waals surface area contributed by atoms with Crippen molar-refractivity contribution in [1.29, 1.82) is 0 Å². The van der Waals surface area contributed by atoms with Crippen LogP contribution in [0.15, 0.2) is 0 Å². The molecule has 1 aromatic rings. The lowest BCUT2D eigenvalue weighted by Gasteiger charge is -2.33. The van der Waals surface area contributed by atoms with Crippen LogP contribution in [0, 0.1) is 11.8 Å². The van der Waals surface area contributed by atoms with Crippen LogP contribution in [0.3, 0.4) is 0 Å². The molecule has 1 aliphatic heterocycles. The molecule has 1 fully saturated rings. The van der Waals surface area contributed by atoms with E-state index in [-0.39, 0.29) is 6.04 Å². The molecule has 19 heavy (non-hydrogen) atoms. The number of fused-ring (bicyclic) bond motifs is 1. The lowest BCUT2D eigenvalue weighted by molar-refractivity contribution is 0.311. The standard InChI is InChI=1S/C15H25N3S/c1-10(2)11-6-8-18(9-7-11)15-17-13-5-3-4-12(16)14(13)19-15/h10-12H,3-9,16H2,1-2H3. The van der Waals surface area contributed by atoms with Crippen LogP contribution in [0.5, 0.6) is 0 Å². The summed E-state index contributed by atoms with van der Waals surface area (Å²) in [6.07, 6.45) is 6.08. The molecule has 1 atom stereocenters. The molecule has 3 rings (SSSR count). The summed E-state index contributed by atoms with van der Waals surface area (Å²) in [5.41, 5.74) is 7.49. The first-order valence-corrected chi connectivity index (χ1v) is 8.47. The van der Waals surface area contributed by atoms with Crippen LogP contribution in [0.2, 0.25) is 0 Å². The van der Waals surface area contributed by atoms with E-state index in [0.29, 0.717) is 0 Å². The third-order valence-electron chi connectivity index (χ3n) is 4.73. The van der Waals surface area contributed by atoms with Gasteiger partial charge in [-0.25, -0.2) is 4.98 Å². The van der Waals surface area contributed by atoms with Gasteiger partial charge in [0, 0.05) is 24.0 Å². The van der Waals surface area contributed by atoms with Crippen molar-refractivity contribution < 1.29 is 0 Å². The Morgan fingerprint density at radius 1 is 1.26 bits per heavy atom. The Kier molecular flexibility index (Phi) is 3.81. The minimum atomic E-state index is 0.239. The molecule has 2 N–H and O–H groups in total. The second-order valence-electron chi connectivity index (χ2n) is 6.37. The lowest BCUT2D eigenvalue weighted by atomic mass is 9.87. The Balaban J connectivity index is 1.70. The Morgan fingerprint density at radius 3 is 2.63 bits per heavy atom. The highest BCUT2D eigenvalue weighted by molar-refractivity contribution is 7.15. The van der Waals surface area contributed by atoms with Gasteiger partial charge in [0.25, 0.3) is 0 Å². The summed E-state index contributed by atoms with van der Waals surface area (Å²) in [4.78, 5) is 8.69. The Hall–Kier alpha value is -0.610. The minimum Gasteiger partial charge on any atom is -0.348 e. The largest absolute Gasteiger partial charge is 0.348 e. The number of nitrogens with two attached hydrogens (primary N) is 1. The summed E-state index contributed by atoms with van der Waals surface area (Å²) < 4.78 is 0. The molecule has 0 radical (unpaired) electrons. The third-order valence-corrected chi connectivity index (χ3v) is 6.03. The summed E-state index contributed by atoms with van der Waals surface area (Å²) in [7, 11) is 0. The van der Waals surface area contributed by atoms with Crippen LogP contribution >= 0.6 is 11.3 Å². The SMILES string of the molecule is CC(C)C1CCN(c2nc3c(s2)C(N)CCC3)CC1. The topological polar surface area (TPSA) is 42.2 Å². The number of hydrogen-bond donors (Lipinski definition) is 1. The third kappa shape index (κ3) is 2.65. The van der Waals surface area contributed by atoms with Crippen molar-refractivity contribution in [1.82, 2.24) is 4.98 Å². The quantitative estimate of drug-likeness (QED) is 0.902. The fourth-order valence-electron chi connectivity index (χ4n) is 3.33. The van der Waals surface area contributed by atoms with Gasteiger partial charge in [-0.2, -0.15) is 0 Å². The maximum atomic E-state index is 6.20. The molecule has 3 nitrogen and oxygen atoms in total. The van der Waals surface area contributed by atoms with Crippen molar-refractivity contribution in [2.75, 3.05) is 18.0 Å². The Labute approximate surface area is 120 Å². The van der Waals surface area contributed by atoms with E-state index in [1.165, 1.54) is 48.1 Å². The van der Waals surface area contributed by atoms with Gasteiger partial charge in [-0.3, -0.25) is 0 Å². The predicted molar refractivity (Wildman–Crippen MR) is 81.8 cm³/mol. The number of anilines is 1. The highest BCUT2D eigenvalue weighted by Crippen LogP contribution is 2.37. The molecule has 0 saturated carbocycles. The average molecular weight is 279 g/mol. The highest BCUT2D eigenvalue weighted by atomic mass is 32.1. The smallest absolute Gasteiger partial charge is 0.185 e. The van der Waals surface area contributed by atoms with E-state index in [0.717, 1.165) is 24.7 Å². The van der Waals surface area contributed by atoms with E-state index in [1.54, 1.807) is 0 Å². The summed E-state index contributed by atoms with van der Waals surface area (Å²) in [5, 5.41) is 1.23. The van der Waals surface area contributed by atoms with E-state index >= 15 is 0 Å². The van der Waals surface area contributed by atoms with Crippen molar-refractivity contribution in [2.24, 2.45) is 17.6 Å². The fraction of sp³-hybridized carbons (Fsp3) is 0.800. The van der Waals surface area contributed by atoms with Gasteiger partial charge in [-0.1, -0.05) is 25.2 Å². The van der Waals surface area contributed by atoms with Gasteiger partial charge in [-0.15, -0.1) is 0 Å². The number of thiazole rings is 1. The van der Waals surface area contributed by atoms with Crippen LogP contribution in [-0.2, 0) is 6.42 Å². The molecule has 2 aliphatic rings. The molecule has 1 aliphatic carbocycles. The number of hydrogen-bond acceptors (Lipinski definition) is 4. The lowest BCUT2D eigenvalue weighted by Crippen LogP contribution is -2.35. The molecule has 0 spiro atoms. The van der Waals surface area contributed by atoms with Crippen molar-refractivity contribution in [3.05, 3.63) is 10.6 Å². The van der Waals surface area contributed by atoms with Crippen LogP contribution < -0.4 is 10.6 Å². The molecule has 1 saturated heterocycles. The molecule has 106 valence electrons. The van der Waals surface area contributed by atoms with Crippen molar-refractivity contribution in [3.8, 4) is 0 Å². The van der Waals surface area contributed by atoms with Crippen LogP contribution in [0.1, 0.15) is 56.1 Å². The normalized spacial score (nSPS) is 24.8. The van der Waals surface area contributed by atoms with Crippen LogP contribution in [0.25, 0.3) is 0 Å². The molecule has 1 aromatic heterocycles. The maximum absolute atomic E-state index is 6.20. The number of nitrogens with zero attached hydrogens (tertiary/aromatic N) is 2. The van der Waals surface area contributed by atoms with Gasteiger partial charge in [-0.05, 0) is 43.9 Å². The van der Waals surface area contributed by atoms with Gasteiger partial charge in [0.1, 0.15) is 0 Å². The van der Waals surface area contributed by atoms with Crippen molar-refractivity contribution in [3.63, 3.8) is 0 Å². The summed E-state index contributed by atoms with van der Waals surface area (Å²) in [6, 6.07) is 0.239. The van der Waals surface area contributed by atoms with Gasteiger partial charge in [0.15, 0.2) is 5.13 Å².